The van der Waals surface area contributed by atoms with Crippen molar-refractivity contribution in [2.45, 2.75) is 24.3 Å². The normalized spacial score (nSPS) is 16.9. The number of amides is 1. The number of alkyl halides is 1. The van der Waals surface area contributed by atoms with E-state index in [9.17, 15) is 4.79 Å². The fraction of sp³-hybridized carbons (Fsp3) is 0.364. The fourth-order valence-corrected chi connectivity index (χ4v) is 2.11. The van der Waals surface area contributed by atoms with Crippen LogP contribution in [0.15, 0.2) is 18.2 Å². The number of halogens is 3. The van der Waals surface area contributed by atoms with Crippen molar-refractivity contribution in [2.24, 2.45) is 0 Å². The molecule has 2 rings (SSSR count). The Morgan fingerprint density at radius 2 is 1.81 bits per heavy atom. The van der Waals surface area contributed by atoms with Gasteiger partial charge >= 0.3 is 0 Å². The number of benzene rings is 1. The molecule has 1 aromatic rings. The monoisotopic (exact) mass is 277 g/mol. The Morgan fingerprint density at radius 1 is 1.25 bits per heavy atom. The summed E-state index contributed by atoms with van der Waals surface area (Å²) in [6, 6.07) is 5.20. The minimum atomic E-state index is -0.739. The van der Waals surface area contributed by atoms with E-state index >= 15 is 0 Å². The van der Waals surface area contributed by atoms with Gasteiger partial charge in [0.05, 0.1) is 0 Å². The molecule has 1 N–H and O–H groups in total. The lowest BCUT2D eigenvalue weighted by Crippen LogP contribution is -2.28. The third-order valence-electron chi connectivity index (χ3n) is 2.33. The van der Waals surface area contributed by atoms with E-state index in [1.54, 1.807) is 18.2 Å². The first kappa shape index (κ1) is 12.0. The van der Waals surface area contributed by atoms with E-state index in [-0.39, 0.29) is 5.91 Å². The lowest BCUT2D eigenvalue weighted by atomic mass is 10.1. The number of rotatable bonds is 3. The van der Waals surface area contributed by atoms with Crippen LogP contribution in [0.25, 0.3) is 0 Å². The molecule has 1 aliphatic carbocycles. The number of hydrogen-bond donors (Lipinski definition) is 1. The minimum absolute atomic E-state index is 0.192. The van der Waals surface area contributed by atoms with E-state index in [1.165, 1.54) is 0 Å². The van der Waals surface area contributed by atoms with Gasteiger partial charge in [-0.3, -0.25) is 4.79 Å². The van der Waals surface area contributed by atoms with Gasteiger partial charge in [0.1, 0.15) is 5.38 Å². The maximum atomic E-state index is 11.7. The summed E-state index contributed by atoms with van der Waals surface area (Å²) in [6.45, 7) is 0. The Balaban J connectivity index is 2.11. The van der Waals surface area contributed by atoms with Gasteiger partial charge in [0.2, 0.25) is 5.91 Å². The molecule has 1 aliphatic rings. The molecule has 2 nitrogen and oxygen atoms in total. The number of nitrogens with one attached hydrogen (secondary N) is 1. The topological polar surface area (TPSA) is 29.1 Å². The first-order valence-corrected chi connectivity index (χ1v) is 6.16. The predicted octanol–water partition coefficient (Wildman–Crippen LogP) is 3.55. The standard InChI is InChI=1S/C11H10Cl3NO/c12-7-3-6(4-8(13)5-7)10(14)11(16)15-9-1-2-9/h3-5,9-10H,1-2H2,(H,15,16). The van der Waals surface area contributed by atoms with Crippen molar-refractivity contribution in [3.05, 3.63) is 33.8 Å². The molecule has 0 aromatic heterocycles. The summed E-state index contributed by atoms with van der Waals surface area (Å²) in [5, 5.41) is 3.05. The van der Waals surface area contributed by atoms with Crippen LogP contribution < -0.4 is 5.32 Å². The Morgan fingerprint density at radius 3 is 2.31 bits per heavy atom. The van der Waals surface area contributed by atoms with Crippen LogP contribution in [0.5, 0.6) is 0 Å². The molecule has 1 saturated carbocycles. The fourth-order valence-electron chi connectivity index (χ4n) is 1.37. The summed E-state index contributed by atoms with van der Waals surface area (Å²) in [6.07, 6.45) is 2.07. The van der Waals surface area contributed by atoms with Crippen molar-refractivity contribution in [1.29, 1.82) is 0 Å². The van der Waals surface area contributed by atoms with Crippen LogP contribution in [-0.4, -0.2) is 11.9 Å². The Bertz CT molecular complexity index is 397. The zero-order valence-electron chi connectivity index (χ0n) is 8.34. The quantitative estimate of drug-likeness (QED) is 0.842. The highest BCUT2D eigenvalue weighted by Gasteiger charge is 2.27. The first-order valence-electron chi connectivity index (χ1n) is 4.96. The second-order valence-electron chi connectivity index (χ2n) is 3.85. The van der Waals surface area contributed by atoms with Crippen LogP contribution in [0.3, 0.4) is 0 Å². The SMILES string of the molecule is O=C(NC1CC1)C(Cl)c1cc(Cl)cc(Cl)c1. The highest BCUT2D eigenvalue weighted by Crippen LogP contribution is 2.28. The maximum absolute atomic E-state index is 11.7. The van der Waals surface area contributed by atoms with Gasteiger partial charge in [0.25, 0.3) is 0 Å². The Labute approximate surface area is 109 Å². The molecule has 16 heavy (non-hydrogen) atoms. The predicted molar refractivity (Wildman–Crippen MR) is 66.2 cm³/mol. The van der Waals surface area contributed by atoms with Gasteiger partial charge in [0, 0.05) is 16.1 Å². The molecule has 1 atom stereocenters. The summed E-state index contributed by atoms with van der Waals surface area (Å²) in [5.41, 5.74) is 0.623. The van der Waals surface area contributed by atoms with Crippen molar-refractivity contribution in [3.63, 3.8) is 0 Å². The third kappa shape index (κ3) is 3.03. The van der Waals surface area contributed by atoms with Crippen LogP contribution in [0, 0.1) is 0 Å². The molecule has 0 bridgehead atoms. The molecular weight excluding hydrogens is 268 g/mol. The Hall–Kier alpha value is -0.440. The van der Waals surface area contributed by atoms with E-state index in [4.69, 9.17) is 34.8 Å². The molecule has 1 fully saturated rings. The van der Waals surface area contributed by atoms with E-state index in [0.717, 1.165) is 12.8 Å². The van der Waals surface area contributed by atoms with Crippen LogP contribution in [-0.2, 0) is 4.79 Å². The van der Waals surface area contributed by atoms with Gasteiger partial charge in [-0.2, -0.15) is 0 Å². The largest absolute Gasteiger partial charge is 0.352 e. The van der Waals surface area contributed by atoms with Gasteiger partial charge in [-0.25, -0.2) is 0 Å². The molecule has 1 aromatic carbocycles. The van der Waals surface area contributed by atoms with E-state index < -0.39 is 5.38 Å². The molecule has 0 aliphatic heterocycles. The van der Waals surface area contributed by atoms with Gasteiger partial charge in [-0.1, -0.05) is 23.2 Å². The van der Waals surface area contributed by atoms with Gasteiger partial charge < -0.3 is 5.32 Å². The number of hydrogen-bond acceptors (Lipinski definition) is 1. The highest BCUT2D eigenvalue weighted by molar-refractivity contribution is 6.35. The highest BCUT2D eigenvalue weighted by atomic mass is 35.5. The number of carbonyl (C=O) groups excluding carboxylic acids is 1. The Kier molecular flexibility index (Phi) is 3.63. The molecule has 0 spiro atoms. The summed E-state index contributed by atoms with van der Waals surface area (Å²) in [5.74, 6) is -0.192. The maximum Gasteiger partial charge on any atom is 0.242 e. The van der Waals surface area contributed by atoms with Crippen LogP contribution in [0.4, 0.5) is 0 Å². The number of carbonyl (C=O) groups is 1. The van der Waals surface area contributed by atoms with Gasteiger partial charge in [-0.05, 0) is 36.6 Å². The third-order valence-corrected chi connectivity index (χ3v) is 3.22. The molecule has 0 saturated heterocycles. The van der Waals surface area contributed by atoms with Crippen molar-refractivity contribution in [2.75, 3.05) is 0 Å². The average Bonchev–Trinajstić information content (AvgIpc) is 2.99. The zero-order valence-corrected chi connectivity index (χ0v) is 10.6. The van der Waals surface area contributed by atoms with E-state index in [0.29, 0.717) is 21.7 Å². The second-order valence-corrected chi connectivity index (χ2v) is 5.16. The van der Waals surface area contributed by atoms with Crippen molar-refractivity contribution >= 4 is 40.7 Å². The molecule has 0 heterocycles. The van der Waals surface area contributed by atoms with Gasteiger partial charge in [-0.15, -0.1) is 11.6 Å². The summed E-state index contributed by atoms with van der Waals surface area (Å²) in [4.78, 5) is 11.7. The average molecular weight is 279 g/mol. The van der Waals surface area contributed by atoms with Crippen molar-refractivity contribution in [3.8, 4) is 0 Å². The smallest absolute Gasteiger partial charge is 0.242 e. The van der Waals surface area contributed by atoms with Crippen molar-refractivity contribution in [1.82, 2.24) is 5.32 Å². The summed E-state index contributed by atoms with van der Waals surface area (Å²) < 4.78 is 0. The van der Waals surface area contributed by atoms with Gasteiger partial charge in [0.15, 0.2) is 0 Å². The molecule has 5 heteroatoms. The lowest BCUT2D eigenvalue weighted by Gasteiger charge is -2.11. The summed E-state index contributed by atoms with van der Waals surface area (Å²) >= 11 is 17.7. The molecular formula is C11H10Cl3NO. The molecule has 86 valence electrons. The van der Waals surface area contributed by atoms with E-state index in [2.05, 4.69) is 5.32 Å². The van der Waals surface area contributed by atoms with Crippen molar-refractivity contribution < 1.29 is 4.79 Å². The van der Waals surface area contributed by atoms with E-state index in [1.807, 2.05) is 0 Å². The molecule has 1 unspecified atom stereocenters. The minimum Gasteiger partial charge on any atom is -0.352 e. The lowest BCUT2D eigenvalue weighted by molar-refractivity contribution is -0.121. The van der Waals surface area contributed by atoms with Crippen LogP contribution >= 0.6 is 34.8 Å². The van der Waals surface area contributed by atoms with Crippen LogP contribution in [0.2, 0.25) is 10.0 Å². The van der Waals surface area contributed by atoms with Crippen LogP contribution in [0.1, 0.15) is 23.8 Å². The molecule has 0 radical (unpaired) electrons. The summed E-state index contributed by atoms with van der Waals surface area (Å²) in [7, 11) is 0. The zero-order chi connectivity index (χ0) is 11.7. The first-order chi connectivity index (χ1) is 7.56. The second kappa shape index (κ2) is 4.82. The molecule has 1 amide bonds.